The zero-order valence-electron chi connectivity index (χ0n) is 16.8. The van der Waals surface area contributed by atoms with E-state index in [4.69, 9.17) is 0 Å². The summed E-state index contributed by atoms with van der Waals surface area (Å²) in [5.41, 5.74) is 8.71. The molecule has 0 radical (unpaired) electrons. The van der Waals surface area contributed by atoms with Gasteiger partial charge in [-0.15, -0.1) is 0 Å². The third kappa shape index (κ3) is 2.45. The normalized spacial score (nSPS) is 14.3. The molecule has 0 amide bonds. The average molecular weight is 373 g/mol. The fourth-order valence-electron chi connectivity index (χ4n) is 5.52. The van der Waals surface area contributed by atoms with Crippen molar-refractivity contribution < 1.29 is 0 Å². The number of allylic oxidation sites excluding steroid dienone is 2. The average Bonchev–Trinajstić information content (AvgIpc) is 2.78. The van der Waals surface area contributed by atoms with Crippen LogP contribution in [-0.4, -0.2) is 0 Å². The summed E-state index contributed by atoms with van der Waals surface area (Å²) in [7, 11) is 0. The van der Waals surface area contributed by atoms with Crippen molar-refractivity contribution in [1.82, 2.24) is 0 Å². The van der Waals surface area contributed by atoms with Crippen molar-refractivity contribution in [3.8, 4) is 0 Å². The van der Waals surface area contributed by atoms with Gasteiger partial charge in [0.25, 0.3) is 0 Å². The Hall–Kier alpha value is -3.12. The van der Waals surface area contributed by atoms with Gasteiger partial charge in [-0.05, 0) is 74.2 Å². The van der Waals surface area contributed by atoms with Crippen LogP contribution in [0.25, 0.3) is 33.7 Å². The maximum atomic E-state index is 2.38. The Morgan fingerprint density at radius 2 is 1.17 bits per heavy atom. The van der Waals surface area contributed by atoms with Crippen molar-refractivity contribution in [2.45, 2.75) is 32.1 Å². The highest BCUT2D eigenvalue weighted by atomic mass is 14.3. The fraction of sp³-hybridized carbons (Fsp3) is 0.172. The molecule has 6 rings (SSSR count). The predicted octanol–water partition coefficient (Wildman–Crippen LogP) is 7.67. The standard InChI is InChI=1S/C29H24/c1-2-23(24-17-15-21-9-3-7-19-11-5-13-26(24)28(19)21)25-18-16-22-10-4-8-20-12-6-14-27(25)29(20)22/h3-10,13-18,23H,2,11-12H2,1H3. The minimum atomic E-state index is 0.403. The summed E-state index contributed by atoms with van der Waals surface area (Å²) in [6.45, 7) is 2.33. The first kappa shape index (κ1) is 16.8. The van der Waals surface area contributed by atoms with Crippen molar-refractivity contribution in [3.63, 3.8) is 0 Å². The molecule has 0 spiro atoms. The highest BCUT2D eigenvalue weighted by Crippen LogP contribution is 2.42. The quantitative estimate of drug-likeness (QED) is 0.346. The summed E-state index contributed by atoms with van der Waals surface area (Å²) in [5.74, 6) is 0.403. The summed E-state index contributed by atoms with van der Waals surface area (Å²) in [6, 6.07) is 22.9. The van der Waals surface area contributed by atoms with Crippen LogP contribution in [0.1, 0.15) is 52.6 Å². The lowest BCUT2D eigenvalue weighted by Crippen LogP contribution is -2.08. The predicted molar refractivity (Wildman–Crippen MR) is 126 cm³/mol. The zero-order chi connectivity index (χ0) is 19.4. The van der Waals surface area contributed by atoms with Crippen LogP contribution < -0.4 is 0 Å². The number of benzene rings is 4. The smallest absolute Gasteiger partial charge is 0.00990 e. The van der Waals surface area contributed by atoms with Crippen LogP contribution in [-0.2, 0) is 12.8 Å². The van der Waals surface area contributed by atoms with Gasteiger partial charge in [0.2, 0.25) is 0 Å². The first-order chi connectivity index (χ1) is 14.3. The van der Waals surface area contributed by atoms with E-state index in [2.05, 4.69) is 91.9 Å². The van der Waals surface area contributed by atoms with E-state index in [1.54, 1.807) is 0 Å². The Balaban J connectivity index is 1.62. The SMILES string of the molecule is CCC(c1ccc2cccc3c2c1C=CC3)c1ccc2cccc3c2c1C=CC3. The molecule has 0 N–H and O–H groups in total. The highest BCUT2D eigenvalue weighted by molar-refractivity contribution is 5.98. The molecule has 29 heavy (non-hydrogen) atoms. The molecule has 0 aromatic heterocycles. The number of hydrogen-bond donors (Lipinski definition) is 0. The van der Waals surface area contributed by atoms with Gasteiger partial charge in [0, 0.05) is 5.92 Å². The Labute approximate surface area is 172 Å². The molecule has 0 saturated carbocycles. The van der Waals surface area contributed by atoms with Crippen LogP contribution in [0.2, 0.25) is 0 Å². The Morgan fingerprint density at radius 1 is 0.655 bits per heavy atom. The molecule has 0 nitrogen and oxygen atoms in total. The van der Waals surface area contributed by atoms with Crippen molar-refractivity contribution in [2.75, 3.05) is 0 Å². The van der Waals surface area contributed by atoms with Crippen LogP contribution >= 0.6 is 0 Å². The second kappa shape index (κ2) is 6.46. The van der Waals surface area contributed by atoms with E-state index in [-0.39, 0.29) is 0 Å². The van der Waals surface area contributed by atoms with Gasteiger partial charge in [0.1, 0.15) is 0 Å². The minimum Gasteiger partial charge on any atom is -0.0795 e. The van der Waals surface area contributed by atoms with Gasteiger partial charge in [-0.25, -0.2) is 0 Å². The molecule has 0 atom stereocenters. The molecule has 140 valence electrons. The van der Waals surface area contributed by atoms with Crippen molar-refractivity contribution in [3.05, 3.63) is 106 Å². The maximum absolute atomic E-state index is 2.38. The third-order valence-corrected chi connectivity index (χ3v) is 6.82. The van der Waals surface area contributed by atoms with Crippen LogP contribution in [0.4, 0.5) is 0 Å². The molecule has 2 aliphatic carbocycles. The molecule has 0 fully saturated rings. The lowest BCUT2D eigenvalue weighted by atomic mass is 9.78. The van der Waals surface area contributed by atoms with Crippen LogP contribution in [0.15, 0.2) is 72.8 Å². The Bertz CT molecular complexity index is 1230. The van der Waals surface area contributed by atoms with Crippen LogP contribution in [0, 0.1) is 0 Å². The van der Waals surface area contributed by atoms with E-state index in [0.29, 0.717) is 5.92 Å². The van der Waals surface area contributed by atoms with E-state index >= 15 is 0 Å². The summed E-state index contributed by atoms with van der Waals surface area (Å²) in [6.07, 6.45) is 12.6. The molecule has 0 bridgehead atoms. The third-order valence-electron chi connectivity index (χ3n) is 6.82. The Kier molecular flexibility index (Phi) is 3.74. The topological polar surface area (TPSA) is 0 Å². The summed E-state index contributed by atoms with van der Waals surface area (Å²) < 4.78 is 0. The number of hydrogen-bond acceptors (Lipinski definition) is 0. The van der Waals surface area contributed by atoms with Gasteiger partial charge in [-0.3, -0.25) is 0 Å². The summed E-state index contributed by atoms with van der Waals surface area (Å²) in [4.78, 5) is 0. The van der Waals surface area contributed by atoms with E-state index in [1.165, 1.54) is 54.9 Å². The van der Waals surface area contributed by atoms with Crippen molar-refractivity contribution in [2.24, 2.45) is 0 Å². The molecular weight excluding hydrogens is 348 g/mol. The van der Waals surface area contributed by atoms with Crippen LogP contribution in [0.5, 0.6) is 0 Å². The lowest BCUT2D eigenvalue weighted by Gasteiger charge is -2.26. The zero-order valence-corrected chi connectivity index (χ0v) is 16.8. The lowest BCUT2D eigenvalue weighted by molar-refractivity contribution is 0.776. The van der Waals surface area contributed by atoms with Crippen molar-refractivity contribution in [1.29, 1.82) is 0 Å². The summed E-state index contributed by atoms with van der Waals surface area (Å²) in [5, 5.41) is 5.64. The molecule has 4 aromatic rings. The molecule has 4 aromatic carbocycles. The molecule has 2 aliphatic rings. The van der Waals surface area contributed by atoms with Gasteiger partial charge in [-0.2, -0.15) is 0 Å². The molecule has 0 heteroatoms. The van der Waals surface area contributed by atoms with Gasteiger partial charge < -0.3 is 0 Å². The number of rotatable bonds is 3. The van der Waals surface area contributed by atoms with Gasteiger partial charge in [-0.1, -0.05) is 91.9 Å². The minimum absolute atomic E-state index is 0.403. The summed E-state index contributed by atoms with van der Waals surface area (Å²) >= 11 is 0. The first-order valence-electron chi connectivity index (χ1n) is 10.8. The van der Waals surface area contributed by atoms with Gasteiger partial charge in [0.15, 0.2) is 0 Å². The molecular formula is C29H24. The van der Waals surface area contributed by atoms with Gasteiger partial charge in [0.05, 0.1) is 0 Å². The Morgan fingerprint density at radius 3 is 1.66 bits per heavy atom. The van der Waals surface area contributed by atoms with Gasteiger partial charge >= 0.3 is 0 Å². The maximum Gasteiger partial charge on any atom is 0.00990 e. The van der Waals surface area contributed by atoms with E-state index in [0.717, 1.165) is 19.3 Å². The first-order valence-corrected chi connectivity index (χ1v) is 10.8. The van der Waals surface area contributed by atoms with E-state index in [1.807, 2.05) is 0 Å². The van der Waals surface area contributed by atoms with Crippen LogP contribution in [0.3, 0.4) is 0 Å². The monoisotopic (exact) mass is 372 g/mol. The van der Waals surface area contributed by atoms with E-state index in [9.17, 15) is 0 Å². The van der Waals surface area contributed by atoms with E-state index < -0.39 is 0 Å². The molecule has 0 aliphatic heterocycles. The second-order valence-corrected chi connectivity index (χ2v) is 8.34. The molecule has 0 unspecified atom stereocenters. The fourth-order valence-corrected chi connectivity index (χ4v) is 5.52. The molecule has 0 saturated heterocycles. The molecule has 0 heterocycles. The highest BCUT2D eigenvalue weighted by Gasteiger charge is 2.23. The van der Waals surface area contributed by atoms with Crippen molar-refractivity contribution >= 4 is 33.7 Å². The second-order valence-electron chi connectivity index (χ2n) is 8.34. The largest absolute Gasteiger partial charge is 0.0795 e.